The Morgan fingerprint density at radius 3 is 2.22 bits per heavy atom. The maximum absolute atomic E-state index is 12.5. The van der Waals surface area contributed by atoms with Gasteiger partial charge >= 0.3 is 6.18 Å². The van der Waals surface area contributed by atoms with E-state index >= 15 is 0 Å². The highest BCUT2D eigenvalue weighted by molar-refractivity contribution is 7.89. The Kier molecular flexibility index (Phi) is 4.79. The monoisotopic (exact) mass is 343 g/mol. The number of sulfone groups is 1. The zero-order valence-electron chi connectivity index (χ0n) is 12.7. The number of alkyl halides is 3. The molecule has 0 N–H and O–H groups in total. The molecule has 0 saturated heterocycles. The van der Waals surface area contributed by atoms with Crippen molar-refractivity contribution in [2.45, 2.75) is 31.5 Å². The highest BCUT2D eigenvalue weighted by Crippen LogP contribution is 2.28. The van der Waals surface area contributed by atoms with E-state index in [0.717, 1.165) is 23.3 Å². The van der Waals surface area contributed by atoms with Crippen LogP contribution in [-0.2, 0) is 27.5 Å². The normalized spacial score (nSPS) is 12.4. The second-order valence-corrected chi connectivity index (χ2v) is 7.55. The van der Waals surface area contributed by atoms with E-state index in [1.54, 1.807) is 12.1 Å². The van der Waals surface area contributed by atoms with E-state index in [0.29, 0.717) is 11.8 Å². The first-order valence-corrected chi connectivity index (χ1v) is 8.68. The SMILES string of the molecule is Cc1ccc(CS(=O)(=O)Cc2ccc(C(F)(F)F)cn2)cc1C. The zero-order valence-corrected chi connectivity index (χ0v) is 13.5. The molecule has 2 aromatic rings. The molecular weight excluding hydrogens is 327 g/mol. The van der Waals surface area contributed by atoms with Gasteiger partial charge in [0, 0.05) is 6.20 Å². The molecule has 0 radical (unpaired) electrons. The lowest BCUT2D eigenvalue weighted by atomic mass is 10.1. The van der Waals surface area contributed by atoms with E-state index in [-0.39, 0.29) is 11.4 Å². The van der Waals surface area contributed by atoms with Crippen molar-refractivity contribution in [2.24, 2.45) is 0 Å². The van der Waals surface area contributed by atoms with Crippen LogP contribution >= 0.6 is 0 Å². The van der Waals surface area contributed by atoms with Crippen molar-refractivity contribution in [1.29, 1.82) is 0 Å². The van der Waals surface area contributed by atoms with Crippen LogP contribution in [0.15, 0.2) is 36.5 Å². The van der Waals surface area contributed by atoms with Crippen LogP contribution in [-0.4, -0.2) is 13.4 Å². The average Bonchev–Trinajstić information content (AvgIpc) is 2.41. The van der Waals surface area contributed by atoms with Crippen molar-refractivity contribution < 1.29 is 21.6 Å². The number of aryl methyl sites for hydroxylation is 2. The first kappa shape index (κ1) is 17.5. The first-order valence-electron chi connectivity index (χ1n) is 6.85. The maximum Gasteiger partial charge on any atom is 0.417 e. The van der Waals surface area contributed by atoms with Crippen molar-refractivity contribution in [2.75, 3.05) is 0 Å². The molecule has 0 aliphatic carbocycles. The Labute approximate surface area is 133 Å². The van der Waals surface area contributed by atoms with Crippen molar-refractivity contribution >= 4 is 9.84 Å². The third kappa shape index (κ3) is 4.79. The van der Waals surface area contributed by atoms with Gasteiger partial charge in [0.1, 0.15) is 0 Å². The summed E-state index contributed by atoms with van der Waals surface area (Å²) >= 11 is 0. The highest BCUT2D eigenvalue weighted by Gasteiger charge is 2.30. The molecule has 0 unspecified atom stereocenters. The number of benzene rings is 1. The van der Waals surface area contributed by atoms with Crippen molar-refractivity contribution in [3.8, 4) is 0 Å². The van der Waals surface area contributed by atoms with Gasteiger partial charge in [-0.25, -0.2) is 8.42 Å². The maximum atomic E-state index is 12.5. The van der Waals surface area contributed by atoms with Crippen LogP contribution in [0.3, 0.4) is 0 Å². The average molecular weight is 343 g/mol. The van der Waals surface area contributed by atoms with Gasteiger partial charge < -0.3 is 0 Å². The number of halogens is 3. The number of hydrogen-bond donors (Lipinski definition) is 0. The number of hydrogen-bond acceptors (Lipinski definition) is 3. The topological polar surface area (TPSA) is 47.0 Å². The molecule has 0 atom stereocenters. The van der Waals surface area contributed by atoms with Crippen molar-refractivity contribution in [1.82, 2.24) is 4.98 Å². The fourth-order valence-corrected chi connectivity index (χ4v) is 3.51. The lowest BCUT2D eigenvalue weighted by Crippen LogP contribution is -2.10. The quantitative estimate of drug-likeness (QED) is 0.847. The van der Waals surface area contributed by atoms with Gasteiger partial charge in [-0.3, -0.25) is 4.98 Å². The number of nitrogens with zero attached hydrogens (tertiary/aromatic N) is 1. The molecule has 1 heterocycles. The molecule has 23 heavy (non-hydrogen) atoms. The second-order valence-electron chi connectivity index (χ2n) is 5.49. The lowest BCUT2D eigenvalue weighted by Gasteiger charge is -2.08. The van der Waals surface area contributed by atoms with Crippen molar-refractivity contribution in [3.63, 3.8) is 0 Å². The fourth-order valence-electron chi connectivity index (χ4n) is 2.10. The summed E-state index contributed by atoms with van der Waals surface area (Å²) in [6.07, 6.45) is -3.83. The Hall–Kier alpha value is -1.89. The van der Waals surface area contributed by atoms with Gasteiger partial charge in [0.05, 0.1) is 22.8 Å². The molecule has 7 heteroatoms. The molecule has 1 aromatic carbocycles. The van der Waals surface area contributed by atoms with E-state index in [1.807, 2.05) is 19.9 Å². The minimum Gasteiger partial charge on any atom is -0.260 e. The van der Waals surface area contributed by atoms with E-state index < -0.39 is 27.3 Å². The molecule has 3 nitrogen and oxygen atoms in total. The van der Waals surface area contributed by atoms with E-state index in [9.17, 15) is 21.6 Å². The van der Waals surface area contributed by atoms with Gasteiger partial charge in [-0.2, -0.15) is 13.2 Å². The predicted molar refractivity (Wildman–Crippen MR) is 81.5 cm³/mol. The van der Waals surface area contributed by atoms with Gasteiger partial charge in [0.25, 0.3) is 0 Å². The van der Waals surface area contributed by atoms with Crippen molar-refractivity contribution in [3.05, 3.63) is 64.5 Å². The van der Waals surface area contributed by atoms with Crippen LogP contribution in [0.25, 0.3) is 0 Å². The summed E-state index contributed by atoms with van der Waals surface area (Å²) < 4.78 is 61.7. The Morgan fingerprint density at radius 1 is 1.00 bits per heavy atom. The van der Waals surface area contributed by atoms with Crippen LogP contribution in [0, 0.1) is 13.8 Å². The molecule has 0 saturated carbocycles. The predicted octanol–water partition coefficient (Wildman–Crippen LogP) is 3.83. The fraction of sp³-hybridized carbons (Fsp3) is 0.312. The summed E-state index contributed by atoms with van der Waals surface area (Å²) in [5.74, 6) is -0.561. The largest absolute Gasteiger partial charge is 0.417 e. The third-order valence-corrected chi connectivity index (χ3v) is 4.99. The Morgan fingerprint density at radius 2 is 1.70 bits per heavy atom. The van der Waals surface area contributed by atoms with Crippen LogP contribution < -0.4 is 0 Å². The summed E-state index contributed by atoms with van der Waals surface area (Å²) in [5.41, 5.74) is 1.91. The molecule has 124 valence electrons. The molecule has 0 fully saturated rings. The summed E-state index contributed by atoms with van der Waals surface area (Å²) in [6.45, 7) is 3.82. The summed E-state index contributed by atoms with van der Waals surface area (Å²) in [5, 5.41) is 0. The van der Waals surface area contributed by atoms with Gasteiger partial charge in [0.2, 0.25) is 0 Å². The summed E-state index contributed by atoms with van der Waals surface area (Å²) in [4.78, 5) is 3.60. The first-order chi connectivity index (χ1) is 10.6. The third-order valence-electron chi connectivity index (χ3n) is 3.48. The van der Waals surface area contributed by atoms with Gasteiger partial charge in [-0.05, 0) is 42.7 Å². The van der Waals surface area contributed by atoms with Crippen LogP contribution in [0.1, 0.15) is 27.9 Å². The number of rotatable bonds is 4. The number of pyridine rings is 1. The zero-order chi connectivity index (χ0) is 17.3. The minimum absolute atomic E-state index is 0.0989. The summed E-state index contributed by atoms with van der Waals surface area (Å²) in [6, 6.07) is 7.32. The Balaban J connectivity index is 2.13. The molecule has 0 spiro atoms. The highest BCUT2D eigenvalue weighted by atomic mass is 32.2. The molecule has 0 aliphatic heterocycles. The van der Waals surface area contributed by atoms with Gasteiger partial charge in [-0.1, -0.05) is 18.2 Å². The van der Waals surface area contributed by atoms with Crippen LogP contribution in [0.5, 0.6) is 0 Å². The molecule has 1 aromatic heterocycles. The molecule has 0 bridgehead atoms. The molecular formula is C16H16F3NO2S. The van der Waals surface area contributed by atoms with Gasteiger partial charge in [-0.15, -0.1) is 0 Å². The summed E-state index contributed by atoms with van der Waals surface area (Å²) in [7, 11) is -3.51. The standard InChI is InChI=1S/C16H16F3NO2S/c1-11-3-4-13(7-12(11)2)9-23(21,22)10-15-6-5-14(8-20-15)16(17,18)19/h3-8H,9-10H2,1-2H3. The van der Waals surface area contributed by atoms with Crippen LogP contribution in [0.4, 0.5) is 13.2 Å². The Bertz CT molecular complexity index is 797. The molecule has 0 aliphatic rings. The molecule has 2 rings (SSSR count). The van der Waals surface area contributed by atoms with Gasteiger partial charge in [0.15, 0.2) is 9.84 Å². The van der Waals surface area contributed by atoms with E-state index in [4.69, 9.17) is 0 Å². The van der Waals surface area contributed by atoms with E-state index in [2.05, 4.69) is 4.98 Å². The van der Waals surface area contributed by atoms with E-state index in [1.165, 1.54) is 0 Å². The lowest BCUT2D eigenvalue weighted by molar-refractivity contribution is -0.137. The second kappa shape index (κ2) is 6.31. The molecule has 0 amide bonds. The smallest absolute Gasteiger partial charge is 0.260 e. The minimum atomic E-state index is -4.48. The number of aromatic nitrogens is 1. The van der Waals surface area contributed by atoms with Crippen LogP contribution in [0.2, 0.25) is 0 Å².